The van der Waals surface area contributed by atoms with Gasteiger partial charge in [0.05, 0.1) is 19.8 Å². The van der Waals surface area contributed by atoms with Gasteiger partial charge in [0.2, 0.25) is 5.91 Å². The molecule has 1 N–H and O–H groups in total. The second-order valence-corrected chi connectivity index (χ2v) is 7.39. The van der Waals surface area contributed by atoms with Crippen molar-refractivity contribution in [3.05, 3.63) is 53.3 Å². The van der Waals surface area contributed by atoms with Gasteiger partial charge in [-0.1, -0.05) is 12.1 Å². The van der Waals surface area contributed by atoms with Crippen LogP contribution in [0.1, 0.15) is 36.4 Å². The maximum atomic E-state index is 13.5. The van der Waals surface area contributed by atoms with E-state index in [2.05, 4.69) is 16.3 Å². The second kappa shape index (κ2) is 8.19. The molecular formula is C22H25FN2O3. The zero-order valence-electron chi connectivity index (χ0n) is 16.0. The monoisotopic (exact) mass is 384 g/mol. The number of rotatable bonds is 4. The van der Waals surface area contributed by atoms with Gasteiger partial charge in [-0.15, -0.1) is 0 Å². The van der Waals surface area contributed by atoms with Gasteiger partial charge in [0, 0.05) is 18.2 Å². The number of nitrogens with one attached hydrogen (secondary N) is 1. The Kier molecular flexibility index (Phi) is 5.48. The van der Waals surface area contributed by atoms with Crippen LogP contribution in [0.5, 0.6) is 11.5 Å². The Labute approximate surface area is 164 Å². The van der Waals surface area contributed by atoms with Gasteiger partial charge >= 0.3 is 0 Å². The van der Waals surface area contributed by atoms with Crippen LogP contribution >= 0.6 is 0 Å². The molecule has 0 radical (unpaired) electrons. The Morgan fingerprint density at radius 2 is 1.96 bits per heavy atom. The molecule has 6 heteroatoms. The van der Waals surface area contributed by atoms with Gasteiger partial charge < -0.3 is 14.8 Å². The van der Waals surface area contributed by atoms with Gasteiger partial charge in [-0.05, 0) is 61.7 Å². The number of aryl methyl sites for hydroxylation is 1. The minimum absolute atomic E-state index is 0.130. The van der Waals surface area contributed by atoms with E-state index >= 15 is 0 Å². The summed E-state index contributed by atoms with van der Waals surface area (Å²) in [5, 5.41) is 2.84. The van der Waals surface area contributed by atoms with E-state index in [0.717, 1.165) is 48.4 Å². The van der Waals surface area contributed by atoms with E-state index in [1.54, 1.807) is 6.07 Å². The standard InChI is InChI=1S/C22H25FN2O3/c1-15-5-7-17(23)13-18(15)24-22(26)14-25-9-2-4-19(25)16-6-8-20-21(12-16)28-11-3-10-27-20/h5-8,12-13,19H,2-4,9-11,14H2,1H3,(H,24,26). The zero-order chi connectivity index (χ0) is 19.5. The van der Waals surface area contributed by atoms with E-state index in [-0.39, 0.29) is 24.3 Å². The summed E-state index contributed by atoms with van der Waals surface area (Å²) in [5.41, 5.74) is 2.50. The summed E-state index contributed by atoms with van der Waals surface area (Å²) in [7, 11) is 0. The van der Waals surface area contributed by atoms with Crippen molar-refractivity contribution in [2.24, 2.45) is 0 Å². The summed E-state index contributed by atoms with van der Waals surface area (Å²) in [5.74, 6) is 1.08. The highest BCUT2D eigenvalue weighted by atomic mass is 19.1. The molecule has 0 aromatic heterocycles. The molecule has 4 rings (SSSR count). The molecule has 0 aliphatic carbocycles. The van der Waals surface area contributed by atoms with Crippen molar-refractivity contribution < 1.29 is 18.7 Å². The molecule has 5 nitrogen and oxygen atoms in total. The third-order valence-corrected chi connectivity index (χ3v) is 5.34. The third kappa shape index (κ3) is 4.12. The highest BCUT2D eigenvalue weighted by molar-refractivity contribution is 5.93. The maximum absolute atomic E-state index is 13.5. The van der Waals surface area contributed by atoms with Crippen molar-refractivity contribution >= 4 is 11.6 Å². The summed E-state index contributed by atoms with van der Waals surface area (Å²) in [6, 6.07) is 10.6. The number of benzene rings is 2. The molecule has 0 saturated carbocycles. The first-order valence-electron chi connectivity index (χ1n) is 9.80. The number of ether oxygens (including phenoxy) is 2. The van der Waals surface area contributed by atoms with Crippen LogP contribution in [-0.2, 0) is 4.79 Å². The molecule has 1 unspecified atom stereocenters. The van der Waals surface area contributed by atoms with Crippen molar-refractivity contribution in [2.45, 2.75) is 32.2 Å². The summed E-state index contributed by atoms with van der Waals surface area (Å²) in [6.45, 7) is 4.30. The van der Waals surface area contributed by atoms with Crippen molar-refractivity contribution in [1.82, 2.24) is 4.90 Å². The first-order chi connectivity index (χ1) is 13.6. The molecule has 1 atom stereocenters. The molecule has 2 heterocycles. The number of halogens is 1. The number of amides is 1. The van der Waals surface area contributed by atoms with Crippen molar-refractivity contribution in [3.63, 3.8) is 0 Å². The molecule has 28 heavy (non-hydrogen) atoms. The molecule has 2 aliphatic heterocycles. The van der Waals surface area contributed by atoms with Crippen LogP contribution in [0.3, 0.4) is 0 Å². The number of likely N-dealkylation sites (tertiary alicyclic amines) is 1. The van der Waals surface area contributed by atoms with E-state index in [0.29, 0.717) is 18.9 Å². The van der Waals surface area contributed by atoms with Gasteiger partial charge in [0.25, 0.3) is 0 Å². The van der Waals surface area contributed by atoms with E-state index in [1.807, 2.05) is 19.1 Å². The predicted octanol–water partition coefficient (Wildman–Crippen LogP) is 4.07. The Morgan fingerprint density at radius 1 is 1.14 bits per heavy atom. The van der Waals surface area contributed by atoms with Crippen LogP contribution < -0.4 is 14.8 Å². The molecule has 148 valence electrons. The molecule has 1 saturated heterocycles. The highest BCUT2D eigenvalue weighted by Crippen LogP contribution is 2.37. The minimum atomic E-state index is -0.354. The lowest BCUT2D eigenvalue weighted by Crippen LogP contribution is -2.33. The summed E-state index contributed by atoms with van der Waals surface area (Å²) >= 11 is 0. The molecule has 1 amide bonds. The third-order valence-electron chi connectivity index (χ3n) is 5.34. The van der Waals surface area contributed by atoms with Crippen molar-refractivity contribution in [2.75, 3.05) is 31.6 Å². The first-order valence-corrected chi connectivity index (χ1v) is 9.80. The van der Waals surface area contributed by atoms with E-state index in [1.165, 1.54) is 12.1 Å². The van der Waals surface area contributed by atoms with Gasteiger partial charge in [-0.3, -0.25) is 9.69 Å². The summed E-state index contributed by atoms with van der Waals surface area (Å²) in [4.78, 5) is 14.7. The molecule has 2 aromatic carbocycles. The van der Waals surface area contributed by atoms with E-state index in [4.69, 9.17) is 9.47 Å². The number of fused-ring (bicyclic) bond motifs is 1. The maximum Gasteiger partial charge on any atom is 0.238 e. The number of nitrogens with zero attached hydrogens (tertiary/aromatic N) is 1. The average Bonchev–Trinajstić information content (AvgIpc) is 3.00. The highest BCUT2D eigenvalue weighted by Gasteiger charge is 2.28. The quantitative estimate of drug-likeness (QED) is 0.863. The molecule has 1 fully saturated rings. The van der Waals surface area contributed by atoms with Crippen LogP contribution in [0.25, 0.3) is 0 Å². The molecule has 2 aliphatic rings. The lowest BCUT2D eigenvalue weighted by atomic mass is 10.0. The number of hydrogen-bond donors (Lipinski definition) is 1. The van der Waals surface area contributed by atoms with Crippen LogP contribution in [-0.4, -0.2) is 37.1 Å². The van der Waals surface area contributed by atoms with Crippen LogP contribution in [0.15, 0.2) is 36.4 Å². The number of anilines is 1. The van der Waals surface area contributed by atoms with Crippen LogP contribution in [0, 0.1) is 12.7 Å². The Morgan fingerprint density at radius 3 is 2.82 bits per heavy atom. The van der Waals surface area contributed by atoms with E-state index in [9.17, 15) is 9.18 Å². The summed E-state index contributed by atoms with van der Waals surface area (Å²) < 4.78 is 25.0. The van der Waals surface area contributed by atoms with Crippen molar-refractivity contribution in [3.8, 4) is 11.5 Å². The first kappa shape index (κ1) is 18.7. The number of carbonyl (C=O) groups is 1. The van der Waals surface area contributed by atoms with Gasteiger partial charge in [0.1, 0.15) is 5.82 Å². The van der Waals surface area contributed by atoms with Crippen LogP contribution in [0.4, 0.5) is 10.1 Å². The minimum Gasteiger partial charge on any atom is -0.490 e. The largest absolute Gasteiger partial charge is 0.490 e. The fraction of sp³-hybridized carbons (Fsp3) is 0.409. The molecular weight excluding hydrogens is 359 g/mol. The predicted molar refractivity (Wildman–Crippen MR) is 105 cm³/mol. The van der Waals surface area contributed by atoms with Crippen LogP contribution in [0.2, 0.25) is 0 Å². The van der Waals surface area contributed by atoms with Crippen molar-refractivity contribution in [1.29, 1.82) is 0 Å². The SMILES string of the molecule is Cc1ccc(F)cc1NC(=O)CN1CCCC1c1ccc2c(c1)OCCCO2. The zero-order valence-corrected chi connectivity index (χ0v) is 16.0. The lowest BCUT2D eigenvalue weighted by Gasteiger charge is -2.25. The average molecular weight is 384 g/mol. The Balaban J connectivity index is 1.45. The number of carbonyl (C=O) groups excluding carboxylic acids is 1. The van der Waals surface area contributed by atoms with Gasteiger partial charge in [-0.2, -0.15) is 0 Å². The Hall–Kier alpha value is -2.60. The lowest BCUT2D eigenvalue weighted by molar-refractivity contribution is -0.117. The second-order valence-electron chi connectivity index (χ2n) is 7.39. The molecule has 2 aromatic rings. The normalized spacial score (nSPS) is 19.3. The Bertz CT molecular complexity index is 871. The topological polar surface area (TPSA) is 50.8 Å². The van der Waals surface area contributed by atoms with E-state index < -0.39 is 0 Å². The summed E-state index contributed by atoms with van der Waals surface area (Å²) in [6.07, 6.45) is 2.90. The fourth-order valence-corrected chi connectivity index (χ4v) is 3.88. The van der Waals surface area contributed by atoms with Gasteiger partial charge in [-0.25, -0.2) is 4.39 Å². The fourth-order valence-electron chi connectivity index (χ4n) is 3.88. The smallest absolute Gasteiger partial charge is 0.238 e. The van der Waals surface area contributed by atoms with Gasteiger partial charge in [0.15, 0.2) is 11.5 Å². The molecule has 0 bridgehead atoms. The number of hydrogen-bond acceptors (Lipinski definition) is 4. The molecule has 0 spiro atoms.